The number of hydrogen-bond donors (Lipinski definition) is 1. The van der Waals surface area contributed by atoms with Gasteiger partial charge in [-0.25, -0.2) is 9.97 Å². The summed E-state index contributed by atoms with van der Waals surface area (Å²) in [6.45, 7) is 3.95. The molecule has 3 aromatic heterocycles. The fourth-order valence-corrected chi connectivity index (χ4v) is 1.91. The van der Waals surface area contributed by atoms with E-state index in [2.05, 4.69) is 15.0 Å². The van der Waals surface area contributed by atoms with Crippen molar-refractivity contribution >= 4 is 16.8 Å². The van der Waals surface area contributed by atoms with E-state index < -0.39 is 0 Å². The van der Waals surface area contributed by atoms with E-state index in [1.807, 2.05) is 36.6 Å². The fourth-order valence-electron chi connectivity index (χ4n) is 1.91. The number of imidazole rings is 1. The van der Waals surface area contributed by atoms with Crippen molar-refractivity contribution in [3.8, 4) is 0 Å². The zero-order chi connectivity index (χ0) is 12.0. The number of fused-ring (bicyclic) bond motifs is 3. The Kier molecular flexibility index (Phi) is 2.01. The minimum absolute atomic E-state index is 0.173. The Morgan fingerprint density at radius 2 is 2.24 bits per heavy atom. The summed E-state index contributed by atoms with van der Waals surface area (Å²) in [7, 11) is 0. The Morgan fingerprint density at radius 1 is 1.41 bits per heavy atom. The van der Waals surface area contributed by atoms with Gasteiger partial charge in [-0.3, -0.25) is 9.20 Å². The van der Waals surface area contributed by atoms with Gasteiger partial charge in [0, 0.05) is 12.6 Å². The highest BCUT2D eigenvalue weighted by Gasteiger charge is 2.10. The van der Waals surface area contributed by atoms with Crippen molar-refractivity contribution in [1.29, 1.82) is 0 Å². The smallest absolute Gasteiger partial charge is 0.279 e. The lowest BCUT2D eigenvalue weighted by atomic mass is 10.3. The van der Waals surface area contributed by atoms with E-state index in [0.29, 0.717) is 23.4 Å². The molecule has 0 aromatic carbocycles. The molecule has 3 rings (SSSR count). The molecule has 0 bridgehead atoms. The van der Waals surface area contributed by atoms with E-state index in [0.717, 1.165) is 11.2 Å². The molecule has 0 fully saturated rings. The second-order valence-corrected chi connectivity index (χ2v) is 4.08. The van der Waals surface area contributed by atoms with Crippen LogP contribution in [-0.4, -0.2) is 19.4 Å². The van der Waals surface area contributed by atoms with Crippen molar-refractivity contribution in [3.05, 3.63) is 40.1 Å². The van der Waals surface area contributed by atoms with E-state index in [4.69, 9.17) is 0 Å². The van der Waals surface area contributed by atoms with E-state index in [-0.39, 0.29) is 5.56 Å². The Hall–Kier alpha value is -2.17. The topological polar surface area (TPSA) is 63.1 Å². The molecule has 3 heterocycles. The van der Waals surface area contributed by atoms with Gasteiger partial charge in [0.1, 0.15) is 11.5 Å². The molecule has 0 saturated heterocycles. The minimum Gasteiger partial charge on any atom is -0.309 e. The van der Waals surface area contributed by atoms with E-state index in [1.54, 1.807) is 0 Å². The van der Waals surface area contributed by atoms with Crippen LogP contribution in [0, 0.1) is 6.92 Å². The molecule has 0 unspecified atom stereocenters. The second kappa shape index (κ2) is 3.41. The average Bonchev–Trinajstić information content (AvgIpc) is 2.67. The second-order valence-electron chi connectivity index (χ2n) is 4.08. The third-order valence-electron chi connectivity index (χ3n) is 2.81. The molecule has 0 aliphatic carbocycles. The Balaban J connectivity index is 2.52. The lowest BCUT2D eigenvalue weighted by Gasteiger charge is -1.97. The van der Waals surface area contributed by atoms with Crippen molar-refractivity contribution in [1.82, 2.24) is 19.4 Å². The first-order valence-electron chi connectivity index (χ1n) is 5.56. The number of pyridine rings is 1. The summed E-state index contributed by atoms with van der Waals surface area (Å²) in [4.78, 5) is 23.3. The summed E-state index contributed by atoms with van der Waals surface area (Å²) in [6, 6.07) is 3.91. The van der Waals surface area contributed by atoms with Gasteiger partial charge < -0.3 is 4.98 Å². The quantitative estimate of drug-likeness (QED) is 0.685. The van der Waals surface area contributed by atoms with Crippen molar-refractivity contribution in [3.63, 3.8) is 0 Å². The number of rotatable bonds is 1. The molecular weight excluding hydrogens is 216 g/mol. The highest BCUT2D eigenvalue weighted by molar-refractivity contribution is 5.75. The summed E-state index contributed by atoms with van der Waals surface area (Å²) in [6.07, 6.45) is 2.59. The maximum atomic E-state index is 11.8. The van der Waals surface area contributed by atoms with Crippen LogP contribution in [0.4, 0.5) is 0 Å². The van der Waals surface area contributed by atoms with Crippen LogP contribution in [0.25, 0.3) is 16.8 Å². The molecular formula is C12H12N4O. The molecule has 0 aliphatic rings. The molecule has 0 amide bonds. The molecule has 5 nitrogen and oxygen atoms in total. The monoisotopic (exact) mass is 228 g/mol. The zero-order valence-electron chi connectivity index (χ0n) is 9.69. The number of nitrogens with zero attached hydrogens (tertiary/aromatic N) is 3. The first-order chi connectivity index (χ1) is 8.19. The Labute approximate surface area is 97.1 Å². The first kappa shape index (κ1) is 10.0. The van der Waals surface area contributed by atoms with Crippen LogP contribution in [0.1, 0.15) is 18.3 Å². The molecule has 0 saturated carbocycles. The van der Waals surface area contributed by atoms with Crippen LogP contribution in [-0.2, 0) is 6.42 Å². The molecule has 0 radical (unpaired) electrons. The molecule has 1 N–H and O–H groups in total. The van der Waals surface area contributed by atoms with Crippen LogP contribution in [0.5, 0.6) is 0 Å². The molecule has 5 heteroatoms. The zero-order valence-corrected chi connectivity index (χ0v) is 9.69. The van der Waals surface area contributed by atoms with Crippen LogP contribution >= 0.6 is 0 Å². The average molecular weight is 228 g/mol. The van der Waals surface area contributed by atoms with Crippen LogP contribution in [0.2, 0.25) is 0 Å². The molecule has 17 heavy (non-hydrogen) atoms. The number of nitrogens with one attached hydrogen (secondary N) is 1. The summed E-state index contributed by atoms with van der Waals surface area (Å²) < 4.78 is 1.84. The Morgan fingerprint density at radius 3 is 3.00 bits per heavy atom. The lowest BCUT2D eigenvalue weighted by molar-refractivity contribution is 0.934. The lowest BCUT2D eigenvalue weighted by Crippen LogP contribution is -2.11. The number of aromatic amines is 1. The molecule has 86 valence electrons. The van der Waals surface area contributed by atoms with E-state index in [9.17, 15) is 4.79 Å². The summed E-state index contributed by atoms with van der Waals surface area (Å²) in [5, 5.41) is 0. The van der Waals surface area contributed by atoms with Crippen molar-refractivity contribution in [2.24, 2.45) is 0 Å². The van der Waals surface area contributed by atoms with Crippen molar-refractivity contribution in [2.75, 3.05) is 0 Å². The third kappa shape index (κ3) is 1.43. The summed E-state index contributed by atoms with van der Waals surface area (Å²) in [5.74, 6) is 0.685. The highest BCUT2D eigenvalue weighted by atomic mass is 16.1. The van der Waals surface area contributed by atoms with Crippen LogP contribution < -0.4 is 5.56 Å². The van der Waals surface area contributed by atoms with Gasteiger partial charge in [0.25, 0.3) is 5.56 Å². The highest BCUT2D eigenvalue weighted by Crippen LogP contribution is 2.12. The number of hydrogen-bond acceptors (Lipinski definition) is 3. The van der Waals surface area contributed by atoms with Crippen molar-refractivity contribution < 1.29 is 0 Å². The van der Waals surface area contributed by atoms with Gasteiger partial charge in [-0.05, 0) is 24.6 Å². The normalized spacial score (nSPS) is 11.4. The van der Waals surface area contributed by atoms with Gasteiger partial charge in [0.2, 0.25) is 0 Å². The van der Waals surface area contributed by atoms with Gasteiger partial charge in [-0.15, -0.1) is 0 Å². The molecule has 0 spiro atoms. The predicted molar refractivity (Wildman–Crippen MR) is 65.2 cm³/mol. The molecule has 3 aromatic rings. The van der Waals surface area contributed by atoms with Gasteiger partial charge in [-0.2, -0.15) is 0 Å². The van der Waals surface area contributed by atoms with Gasteiger partial charge in [-0.1, -0.05) is 6.92 Å². The first-order valence-corrected chi connectivity index (χ1v) is 5.56. The van der Waals surface area contributed by atoms with Gasteiger partial charge >= 0.3 is 0 Å². The number of aryl methyl sites for hydroxylation is 2. The SMILES string of the molecule is CCc1nc2c(nc3cc(C)ccn32)c(=O)[nH]1. The predicted octanol–water partition coefficient (Wildman–Crippen LogP) is 1.44. The molecule has 0 atom stereocenters. The van der Waals surface area contributed by atoms with Crippen LogP contribution in [0.15, 0.2) is 23.1 Å². The van der Waals surface area contributed by atoms with Crippen LogP contribution in [0.3, 0.4) is 0 Å². The minimum atomic E-state index is -0.173. The Bertz CT molecular complexity index is 769. The standard InChI is InChI=1S/C12H12N4O/c1-3-8-13-11-10(12(17)14-8)15-9-6-7(2)4-5-16(9)11/h4-6H,3H2,1-2H3,(H,13,14,17). The van der Waals surface area contributed by atoms with E-state index >= 15 is 0 Å². The van der Waals surface area contributed by atoms with Gasteiger partial charge in [0.05, 0.1) is 0 Å². The van der Waals surface area contributed by atoms with E-state index in [1.165, 1.54) is 0 Å². The molecule has 0 aliphatic heterocycles. The largest absolute Gasteiger partial charge is 0.309 e. The maximum absolute atomic E-state index is 11.8. The van der Waals surface area contributed by atoms with Gasteiger partial charge in [0.15, 0.2) is 11.2 Å². The fraction of sp³-hybridized carbons (Fsp3) is 0.250. The maximum Gasteiger partial charge on any atom is 0.279 e. The summed E-state index contributed by atoms with van der Waals surface area (Å²) in [5.41, 5.74) is 2.72. The van der Waals surface area contributed by atoms with Crippen molar-refractivity contribution in [2.45, 2.75) is 20.3 Å². The third-order valence-corrected chi connectivity index (χ3v) is 2.81. The summed E-state index contributed by atoms with van der Waals surface area (Å²) >= 11 is 0. The number of H-pyrrole nitrogens is 1. The number of aromatic nitrogens is 4.